The summed E-state index contributed by atoms with van der Waals surface area (Å²) in [6.07, 6.45) is 3.98. The molecule has 2 heteroatoms. The van der Waals surface area contributed by atoms with Crippen LogP contribution in [0.5, 0.6) is 0 Å². The van der Waals surface area contributed by atoms with E-state index in [1.54, 1.807) is 0 Å². The van der Waals surface area contributed by atoms with Crippen molar-refractivity contribution in [1.82, 2.24) is 4.90 Å². The molecular formula is C13H25NO. The number of carbonyl (C=O) groups is 1. The van der Waals surface area contributed by atoms with Crippen molar-refractivity contribution in [3.05, 3.63) is 0 Å². The maximum absolute atomic E-state index is 11.3. The van der Waals surface area contributed by atoms with Crippen LogP contribution in [0.1, 0.15) is 46.5 Å². The van der Waals surface area contributed by atoms with Crippen molar-refractivity contribution in [1.29, 1.82) is 0 Å². The number of likely N-dealkylation sites (tertiary alicyclic amines) is 1. The lowest BCUT2D eigenvalue weighted by Gasteiger charge is -2.32. The number of rotatable bonds is 5. The predicted molar refractivity (Wildman–Crippen MR) is 63.9 cm³/mol. The largest absolute Gasteiger partial charge is 0.303 e. The van der Waals surface area contributed by atoms with Crippen molar-refractivity contribution in [2.24, 2.45) is 11.8 Å². The number of carbonyl (C=O) groups excluding carboxylic acids is 1. The number of ketones is 1. The first-order valence-corrected chi connectivity index (χ1v) is 6.35. The Morgan fingerprint density at radius 2 is 1.93 bits per heavy atom. The molecule has 0 spiro atoms. The Balaban J connectivity index is 2.20. The smallest absolute Gasteiger partial charge is 0.132 e. The quantitative estimate of drug-likeness (QED) is 0.697. The van der Waals surface area contributed by atoms with Gasteiger partial charge in [0.25, 0.3) is 0 Å². The molecule has 2 nitrogen and oxygen atoms in total. The normalized spacial score (nSPS) is 19.7. The maximum atomic E-state index is 11.3. The number of piperidine rings is 1. The molecule has 0 saturated carbocycles. The summed E-state index contributed by atoms with van der Waals surface area (Å²) in [5.41, 5.74) is 0. The average Bonchev–Trinajstić information content (AvgIpc) is 2.20. The van der Waals surface area contributed by atoms with Crippen molar-refractivity contribution >= 4 is 5.78 Å². The van der Waals surface area contributed by atoms with Gasteiger partial charge in [0.15, 0.2) is 0 Å². The second kappa shape index (κ2) is 6.26. The zero-order valence-corrected chi connectivity index (χ0v) is 10.5. The van der Waals surface area contributed by atoms with Crippen LogP contribution in [0.2, 0.25) is 0 Å². The lowest BCUT2D eigenvalue weighted by molar-refractivity contribution is -0.120. The van der Waals surface area contributed by atoms with Crippen LogP contribution in [-0.2, 0) is 4.79 Å². The third-order valence-corrected chi connectivity index (χ3v) is 3.24. The summed E-state index contributed by atoms with van der Waals surface area (Å²) in [6, 6.07) is 0. The van der Waals surface area contributed by atoms with Crippen LogP contribution < -0.4 is 0 Å². The first-order chi connectivity index (χ1) is 7.11. The van der Waals surface area contributed by atoms with Crippen molar-refractivity contribution < 1.29 is 4.79 Å². The first kappa shape index (κ1) is 12.7. The van der Waals surface area contributed by atoms with Crippen LogP contribution in [0.25, 0.3) is 0 Å². The van der Waals surface area contributed by atoms with E-state index in [1.807, 2.05) is 6.92 Å². The van der Waals surface area contributed by atoms with E-state index in [1.165, 1.54) is 32.5 Å². The van der Waals surface area contributed by atoms with Crippen LogP contribution >= 0.6 is 0 Å². The van der Waals surface area contributed by atoms with Crippen LogP contribution in [-0.4, -0.2) is 30.3 Å². The van der Waals surface area contributed by atoms with Crippen molar-refractivity contribution in [3.8, 4) is 0 Å². The van der Waals surface area contributed by atoms with Crippen LogP contribution in [0.3, 0.4) is 0 Å². The molecule has 1 fully saturated rings. The highest BCUT2D eigenvalue weighted by Gasteiger charge is 2.20. The fraction of sp³-hybridized carbons (Fsp3) is 0.923. The second-order valence-electron chi connectivity index (χ2n) is 5.23. The summed E-state index contributed by atoms with van der Waals surface area (Å²) in [6.45, 7) is 10.1. The van der Waals surface area contributed by atoms with Gasteiger partial charge in [0.1, 0.15) is 5.78 Å². The van der Waals surface area contributed by atoms with E-state index >= 15 is 0 Å². The molecule has 0 unspecified atom stereocenters. The molecule has 0 radical (unpaired) electrons. The summed E-state index contributed by atoms with van der Waals surface area (Å²) >= 11 is 0. The minimum absolute atomic E-state index is 0.442. The van der Waals surface area contributed by atoms with Gasteiger partial charge in [0, 0.05) is 19.4 Å². The van der Waals surface area contributed by atoms with E-state index in [2.05, 4.69) is 18.7 Å². The fourth-order valence-corrected chi connectivity index (χ4v) is 2.36. The Hall–Kier alpha value is -0.370. The Morgan fingerprint density at radius 3 is 2.40 bits per heavy atom. The SMILES string of the molecule is CCC(=O)CC1CCN(CC(C)C)CC1. The van der Waals surface area contributed by atoms with E-state index in [-0.39, 0.29) is 0 Å². The molecule has 0 aromatic rings. The zero-order chi connectivity index (χ0) is 11.3. The summed E-state index contributed by atoms with van der Waals surface area (Å²) < 4.78 is 0. The van der Waals surface area contributed by atoms with Gasteiger partial charge < -0.3 is 4.90 Å². The molecule has 0 aliphatic carbocycles. The molecule has 15 heavy (non-hydrogen) atoms. The number of Topliss-reactive ketones (excluding diaryl/α,β-unsaturated/α-hetero) is 1. The molecule has 0 bridgehead atoms. The van der Waals surface area contributed by atoms with Gasteiger partial charge in [-0.1, -0.05) is 20.8 Å². The first-order valence-electron chi connectivity index (χ1n) is 6.35. The van der Waals surface area contributed by atoms with E-state index in [4.69, 9.17) is 0 Å². The number of hydrogen-bond acceptors (Lipinski definition) is 2. The summed E-state index contributed by atoms with van der Waals surface area (Å²) in [5.74, 6) is 1.87. The van der Waals surface area contributed by atoms with Crippen LogP contribution in [0.15, 0.2) is 0 Å². The summed E-state index contributed by atoms with van der Waals surface area (Å²) in [7, 11) is 0. The van der Waals surface area contributed by atoms with E-state index < -0.39 is 0 Å². The highest BCUT2D eigenvalue weighted by Crippen LogP contribution is 2.21. The van der Waals surface area contributed by atoms with Crippen molar-refractivity contribution in [2.45, 2.75) is 46.5 Å². The third kappa shape index (κ3) is 4.78. The Bertz CT molecular complexity index is 193. The van der Waals surface area contributed by atoms with Gasteiger partial charge in [0.05, 0.1) is 0 Å². The minimum Gasteiger partial charge on any atom is -0.303 e. The molecule has 0 aromatic heterocycles. The molecule has 0 aromatic carbocycles. The van der Waals surface area contributed by atoms with Gasteiger partial charge in [-0.3, -0.25) is 4.79 Å². The van der Waals surface area contributed by atoms with Gasteiger partial charge in [-0.25, -0.2) is 0 Å². The topological polar surface area (TPSA) is 20.3 Å². The lowest BCUT2D eigenvalue weighted by Crippen LogP contribution is -2.36. The fourth-order valence-electron chi connectivity index (χ4n) is 2.36. The summed E-state index contributed by atoms with van der Waals surface area (Å²) in [4.78, 5) is 13.9. The predicted octanol–water partition coefficient (Wildman–Crippen LogP) is 2.72. The monoisotopic (exact) mass is 211 g/mol. The van der Waals surface area contributed by atoms with Crippen molar-refractivity contribution in [2.75, 3.05) is 19.6 Å². The Morgan fingerprint density at radius 1 is 1.33 bits per heavy atom. The standard InChI is InChI=1S/C13H25NO/c1-4-13(15)9-12-5-7-14(8-6-12)10-11(2)3/h11-12H,4-10H2,1-3H3. The molecule has 1 aliphatic heterocycles. The average molecular weight is 211 g/mol. The summed E-state index contributed by atoms with van der Waals surface area (Å²) in [5, 5.41) is 0. The van der Waals surface area contributed by atoms with Crippen LogP contribution in [0, 0.1) is 11.8 Å². The third-order valence-electron chi connectivity index (χ3n) is 3.24. The van der Waals surface area contributed by atoms with E-state index in [9.17, 15) is 4.79 Å². The molecule has 1 heterocycles. The molecule has 88 valence electrons. The van der Waals surface area contributed by atoms with E-state index in [0.29, 0.717) is 18.1 Å². The molecular weight excluding hydrogens is 186 g/mol. The molecule has 0 atom stereocenters. The number of nitrogens with zero attached hydrogens (tertiary/aromatic N) is 1. The minimum atomic E-state index is 0.442. The van der Waals surface area contributed by atoms with Gasteiger partial charge in [-0.05, 0) is 37.8 Å². The second-order valence-corrected chi connectivity index (χ2v) is 5.23. The van der Waals surface area contributed by atoms with Gasteiger partial charge in [-0.15, -0.1) is 0 Å². The molecule has 0 N–H and O–H groups in total. The Labute approximate surface area is 94.0 Å². The lowest BCUT2D eigenvalue weighted by atomic mass is 9.91. The van der Waals surface area contributed by atoms with Gasteiger partial charge in [-0.2, -0.15) is 0 Å². The highest BCUT2D eigenvalue weighted by atomic mass is 16.1. The molecule has 0 amide bonds. The van der Waals surface area contributed by atoms with Crippen LogP contribution in [0.4, 0.5) is 0 Å². The highest BCUT2D eigenvalue weighted by molar-refractivity contribution is 5.78. The zero-order valence-electron chi connectivity index (χ0n) is 10.5. The number of hydrogen-bond donors (Lipinski definition) is 0. The molecule has 1 saturated heterocycles. The maximum Gasteiger partial charge on any atom is 0.132 e. The van der Waals surface area contributed by atoms with Crippen molar-refractivity contribution in [3.63, 3.8) is 0 Å². The van der Waals surface area contributed by atoms with E-state index in [0.717, 1.165) is 12.3 Å². The van der Waals surface area contributed by atoms with Gasteiger partial charge in [0.2, 0.25) is 0 Å². The molecule has 1 aliphatic rings. The van der Waals surface area contributed by atoms with Gasteiger partial charge >= 0.3 is 0 Å². The molecule has 1 rings (SSSR count). The Kier molecular flexibility index (Phi) is 5.30.